The predicted octanol–water partition coefficient (Wildman–Crippen LogP) is 1.41. The van der Waals surface area contributed by atoms with Crippen LogP contribution in [0.4, 0.5) is 0 Å². The van der Waals surface area contributed by atoms with Crippen LogP contribution in [-0.2, 0) is 5.41 Å². The van der Waals surface area contributed by atoms with Crippen molar-refractivity contribution >= 4 is 0 Å². The van der Waals surface area contributed by atoms with Gasteiger partial charge in [0.05, 0.1) is 6.61 Å². The van der Waals surface area contributed by atoms with Crippen LogP contribution >= 0.6 is 0 Å². The Labute approximate surface area is 72.3 Å². The van der Waals surface area contributed by atoms with E-state index in [-0.39, 0.29) is 12.0 Å². The van der Waals surface area contributed by atoms with Gasteiger partial charge in [-0.15, -0.1) is 0 Å². The molecule has 2 nitrogen and oxygen atoms in total. The zero-order valence-corrected chi connectivity index (χ0v) is 7.25. The first kappa shape index (κ1) is 7.74. The van der Waals surface area contributed by atoms with E-state index in [1.165, 1.54) is 11.1 Å². The maximum absolute atomic E-state index is 9.21. The van der Waals surface area contributed by atoms with Gasteiger partial charge in [0.25, 0.3) is 0 Å². The zero-order chi connectivity index (χ0) is 8.60. The Morgan fingerprint density at radius 3 is 2.83 bits per heavy atom. The molecule has 0 saturated heterocycles. The summed E-state index contributed by atoms with van der Waals surface area (Å²) in [7, 11) is 0. The van der Waals surface area contributed by atoms with Gasteiger partial charge in [0, 0.05) is 17.8 Å². The number of rotatable bonds is 2. The van der Waals surface area contributed by atoms with Gasteiger partial charge in [-0.3, -0.25) is 4.98 Å². The molecule has 0 spiro atoms. The lowest BCUT2D eigenvalue weighted by Crippen LogP contribution is -2.13. The summed E-state index contributed by atoms with van der Waals surface area (Å²) in [5, 5.41) is 9.21. The number of aromatic nitrogens is 1. The lowest BCUT2D eigenvalue weighted by atomic mass is 9.94. The summed E-state index contributed by atoms with van der Waals surface area (Å²) < 4.78 is 0. The van der Waals surface area contributed by atoms with Gasteiger partial charge in [0.15, 0.2) is 0 Å². The molecule has 0 radical (unpaired) electrons. The Hall–Kier alpha value is -0.890. The van der Waals surface area contributed by atoms with E-state index in [4.69, 9.17) is 0 Å². The number of aliphatic hydroxyl groups excluding tert-OH is 1. The molecule has 2 rings (SSSR count). The van der Waals surface area contributed by atoms with Gasteiger partial charge in [-0.05, 0) is 37.0 Å². The third-order valence-electron chi connectivity index (χ3n) is 2.75. The molecular weight excluding hydrogens is 150 g/mol. The molecule has 1 aromatic rings. The first-order chi connectivity index (χ1) is 5.78. The van der Waals surface area contributed by atoms with Crippen molar-refractivity contribution < 1.29 is 5.11 Å². The Morgan fingerprint density at radius 1 is 1.58 bits per heavy atom. The van der Waals surface area contributed by atoms with Gasteiger partial charge in [0.1, 0.15) is 0 Å². The summed E-state index contributed by atoms with van der Waals surface area (Å²) in [5.41, 5.74) is 2.57. The summed E-state index contributed by atoms with van der Waals surface area (Å²) in [6.45, 7) is 2.33. The van der Waals surface area contributed by atoms with Gasteiger partial charge in [-0.25, -0.2) is 0 Å². The molecule has 1 fully saturated rings. The maximum Gasteiger partial charge on any atom is 0.0528 e. The van der Waals surface area contributed by atoms with Crippen molar-refractivity contribution in [2.45, 2.75) is 25.2 Å². The lowest BCUT2D eigenvalue weighted by molar-refractivity contribution is 0.254. The minimum absolute atomic E-state index is 0.0903. The molecule has 0 aliphatic heterocycles. The SMILES string of the molecule is Cc1cnccc1C1(CO)CC1. The molecule has 1 aromatic heterocycles. The molecule has 12 heavy (non-hydrogen) atoms. The summed E-state index contributed by atoms with van der Waals surface area (Å²) >= 11 is 0. The molecule has 0 bridgehead atoms. The van der Waals surface area contributed by atoms with Crippen molar-refractivity contribution in [1.29, 1.82) is 0 Å². The molecule has 1 aliphatic carbocycles. The second kappa shape index (κ2) is 2.56. The van der Waals surface area contributed by atoms with Crippen LogP contribution in [0.15, 0.2) is 18.5 Å². The highest BCUT2D eigenvalue weighted by atomic mass is 16.3. The van der Waals surface area contributed by atoms with E-state index in [2.05, 4.69) is 11.9 Å². The number of hydrogen-bond donors (Lipinski definition) is 1. The molecule has 0 aromatic carbocycles. The highest BCUT2D eigenvalue weighted by Crippen LogP contribution is 2.48. The molecule has 1 saturated carbocycles. The number of pyridine rings is 1. The van der Waals surface area contributed by atoms with Crippen LogP contribution in [0, 0.1) is 6.92 Å². The first-order valence-electron chi connectivity index (χ1n) is 4.30. The third kappa shape index (κ3) is 1.03. The van der Waals surface area contributed by atoms with E-state index in [1.54, 1.807) is 6.20 Å². The number of aliphatic hydroxyl groups is 1. The fourth-order valence-electron chi connectivity index (χ4n) is 1.73. The van der Waals surface area contributed by atoms with Crippen molar-refractivity contribution in [3.63, 3.8) is 0 Å². The second-order valence-corrected chi connectivity index (χ2v) is 3.63. The average Bonchev–Trinajstić information content (AvgIpc) is 2.86. The van der Waals surface area contributed by atoms with E-state index in [0.717, 1.165) is 12.8 Å². The topological polar surface area (TPSA) is 33.1 Å². The number of nitrogens with zero attached hydrogens (tertiary/aromatic N) is 1. The Morgan fingerprint density at radius 2 is 2.33 bits per heavy atom. The fraction of sp³-hybridized carbons (Fsp3) is 0.500. The Balaban J connectivity index is 2.40. The minimum atomic E-state index is 0.0903. The van der Waals surface area contributed by atoms with Crippen molar-refractivity contribution in [3.8, 4) is 0 Å². The third-order valence-corrected chi connectivity index (χ3v) is 2.75. The Bertz CT molecular complexity index is 292. The standard InChI is InChI=1S/C10H13NO/c1-8-6-11-5-2-9(8)10(7-12)3-4-10/h2,5-6,12H,3-4,7H2,1H3. The molecule has 2 heteroatoms. The summed E-state index contributed by atoms with van der Waals surface area (Å²) in [6.07, 6.45) is 5.91. The molecule has 0 unspecified atom stereocenters. The van der Waals surface area contributed by atoms with Crippen molar-refractivity contribution in [2.75, 3.05) is 6.61 Å². The average molecular weight is 163 g/mol. The minimum Gasteiger partial charge on any atom is -0.395 e. The monoisotopic (exact) mass is 163 g/mol. The summed E-state index contributed by atoms with van der Waals surface area (Å²) in [6, 6.07) is 2.03. The van der Waals surface area contributed by atoms with Gasteiger partial charge in [-0.2, -0.15) is 0 Å². The maximum atomic E-state index is 9.21. The van der Waals surface area contributed by atoms with Crippen LogP contribution in [0.2, 0.25) is 0 Å². The van der Waals surface area contributed by atoms with Gasteiger partial charge in [-0.1, -0.05) is 0 Å². The fourth-order valence-corrected chi connectivity index (χ4v) is 1.73. The van der Waals surface area contributed by atoms with E-state index < -0.39 is 0 Å². The quantitative estimate of drug-likeness (QED) is 0.715. The van der Waals surface area contributed by atoms with Crippen molar-refractivity contribution in [3.05, 3.63) is 29.6 Å². The van der Waals surface area contributed by atoms with E-state index in [0.29, 0.717) is 0 Å². The molecule has 1 N–H and O–H groups in total. The Kier molecular flexibility index (Phi) is 1.65. The van der Waals surface area contributed by atoms with Crippen LogP contribution < -0.4 is 0 Å². The van der Waals surface area contributed by atoms with Crippen molar-refractivity contribution in [2.24, 2.45) is 0 Å². The highest BCUT2D eigenvalue weighted by molar-refractivity contribution is 5.35. The van der Waals surface area contributed by atoms with Crippen LogP contribution in [0.3, 0.4) is 0 Å². The highest BCUT2D eigenvalue weighted by Gasteiger charge is 2.44. The molecule has 1 aliphatic rings. The van der Waals surface area contributed by atoms with Crippen LogP contribution in [-0.4, -0.2) is 16.7 Å². The van der Waals surface area contributed by atoms with E-state index in [9.17, 15) is 5.11 Å². The first-order valence-corrected chi connectivity index (χ1v) is 4.30. The van der Waals surface area contributed by atoms with E-state index >= 15 is 0 Å². The van der Waals surface area contributed by atoms with Gasteiger partial charge >= 0.3 is 0 Å². The lowest BCUT2D eigenvalue weighted by Gasteiger charge is -2.13. The summed E-state index contributed by atoms with van der Waals surface area (Å²) in [4.78, 5) is 4.04. The zero-order valence-electron chi connectivity index (χ0n) is 7.25. The number of hydrogen-bond acceptors (Lipinski definition) is 2. The normalized spacial score (nSPS) is 19.2. The van der Waals surface area contributed by atoms with Crippen molar-refractivity contribution in [1.82, 2.24) is 4.98 Å². The van der Waals surface area contributed by atoms with Gasteiger partial charge < -0.3 is 5.11 Å². The van der Waals surface area contributed by atoms with Gasteiger partial charge in [0.2, 0.25) is 0 Å². The summed E-state index contributed by atoms with van der Waals surface area (Å²) in [5.74, 6) is 0. The predicted molar refractivity (Wildman–Crippen MR) is 47.0 cm³/mol. The smallest absolute Gasteiger partial charge is 0.0528 e. The second-order valence-electron chi connectivity index (χ2n) is 3.63. The molecule has 64 valence electrons. The van der Waals surface area contributed by atoms with Crippen LogP contribution in [0.1, 0.15) is 24.0 Å². The van der Waals surface area contributed by atoms with E-state index in [1.807, 2.05) is 12.3 Å². The molecule has 1 heterocycles. The van der Waals surface area contributed by atoms with Crippen LogP contribution in [0.25, 0.3) is 0 Å². The molecule has 0 amide bonds. The largest absolute Gasteiger partial charge is 0.395 e. The van der Waals surface area contributed by atoms with Crippen LogP contribution in [0.5, 0.6) is 0 Å². The number of aryl methyl sites for hydroxylation is 1. The molecule has 0 atom stereocenters. The molecular formula is C10H13NO.